The normalized spacial score (nSPS) is 47.4. The number of rotatable bonds is 3. The van der Waals surface area contributed by atoms with Crippen molar-refractivity contribution in [2.75, 3.05) is 13.7 Å². The molecule has 4 saturated carbocycles. The number of carbonyl (C=O) groups excluding carboxylic acids is 3. The fourth-order valence-electron chi connectivity index (χ4n) is 10.9. The van der Waals surface area contributed by atoms with Crippen LogP contribution in [0.3, 0.4) is 0 Å². The van der Waals surface area contributed by atoms with Gasteiger partial charge in [0.1, 0.15) is 12.4 Å². The Morgan fingerprint density at radius 1 is 0.947 bits per heavy atom. The maximum Gasteiger partial charge on any atom is 0.312 e. The van der Waals surface area contributed by atoms with Gasteiger partial charge in [-0.3, -0.25) is 14.4 Å². The van der Waals surface area contributed by atoms with Gasteiger partial charge in [-0.25, -0.2) is 0 Å². The van der Waals surface area contributed by atoms with Crippen LogP contribution in [0.1, 0.15) is 113 Å². The van der Waals surface area contributed by atoms with E-state index in [0.29, 0.717) is 12.3 Å². The van der Waals surface area contributed by atoms with Gasteiger partial charge in [-0.05, 0) is 104 Å². The standard InChI is InChI=1S/C33H50O5/c1-21(34)38-20-30(5)24-11-14-32(7)25(29(24,4)13-12-26(30)35)10-9-22-23-19-28(2,3)15-17-33(23,27(36)37-8)18-16-31(22,32)6/h9,23-25H,10-20H2,1-8H3/t23-,24+,25+,29-,30-,31+,32+,33-/m0/s1. The predicted octanol–water partition coefficient (Wildman–Crippen LogP) is 7.07. The number of methoxy groups -OCH3 is 1. The van der Waals surface area contributed by atoms with E-state index in [1.54, 1.807) is 7.11 Å². The molecule has 5 nitrogen and oxygen atoms in total. The molecule has 0 radical (unpaired) electrons. The van der Waals surface area contributed by atoms with Crippen molar-refractivity contribution in [3.05, 3.63) is 11.6 Å². The van der Waals surface area contributed by atoms with Crippen molar-refractivity contribution in [3.63, 3.8) is 0 Å². The molecule has 0 unspecified atom stereocenters. The fraction of sp³-hybridized carbons (Fsp3) is 0.848. The molecule has 0 bridgehead atoms. The molecule has 212 valence electrons. The number of carbonyl (C=O) groups is 3. The lowest BCUT2D eigenvalue weighted by molar-refractivity contribution is -0.197. The molecule has 5 heteroatoms. The Balaban J connectivity index is 1.56. The van der Waals surface area contributed by atoms with Gasteiger partial charge in [-0.15, -0.1) is 0 Å². The van der Waals surface area contributed by atoms with Gasteiger partial charge in [-0.1, -0.05) is 46.3 Å². The summed E-state index contributed by atoms with van der Waals surface area (Å²) in [5.74, 6) is 0.844. The first-order chi connectivity index (χ1) is 17.6. The van der Waals surface area contributed by atoms with E-state index >= 15 is 0 Å². The van der Waals surface area contributed by atoms with Crippen LogP contribution in [0.15, 0.2) is 11.6 Å². The second-order valence-corrected chi connectivity index (χ2v) is 15.5. The summed E-state index contributed by atoms with van der Waals surface area (Å²) >= 11 is 0. The quantitative estimate of drug-likeness (QED) is 0.290. The summed E-state index contributed by atoms with van der Waals surface area (Å²) in [5, 5.41) is 0. The monoisotopic (exact) mass is 526 g/mol. The van der Waals surface area contributed by atoms with E-state index in [1.165, 1.54) is 12.5 Å². The molecule has 5 aliphatic rings. The van der Waals surface area contributed by atoms with Crippen LogP contribution >= 0.6 is 0 Å². The number of hydrogen-bond acceptors (Lipinski definition) is 5. The highest BCUT2D eigenvalue weighted by atomic mass is 16.5. The molecule has 0 aromatic carbocycles. The molecule has 0 saturated heterocycles. The highest BCUT2D eigenvalue weighted by molar-refractivity contribution is 5.86. The lowest BCUT2D eigenvalue weighted by Crippen LogP contribution is -2.65. The van der Waals surface area contributed by atoms with E-state index in [4.69, 9.17) is 9.47 Å². The second-order valence-electron chi connectivity index (χ2n) is 15.5. The first-order valence-corrected chi connectivity index (χ1v) is 15.1. The Labute approximate surface area is 229 Å². The molecule has 0 amide bonds. The number of fused-ring (bicyclic) bond motifs is 7. The smallest absolute Gasteiger partial charge is 0.312 e. The molecule has 0 aromatic heterocycles. The van der Waals surface area contributed by atoms with Gasteiger partial charge in [0.05, 0.1) is 17.9 Å². The van der Waals surface area contributed by atoms with Gasteiger partial charge >= 0.3 is 11.9 Å². The molecular weight excluding hydrogens is 476 g/mol. The van der Waals surface area contributed by atoms with E-state index in [0.717, 1.165) is 57.8 Å². The van der Waals surface area contributed by atoms with Gasteiger partial charge in [0.25, 0.3) is 0 Å². The van der Waals surface area contributed by atoms with Crippen molar-refractivity contribution in [2.45, 2.75) is 113 Å². The third-order valence-electron chi connectivity index (χ3n) is 13.4. The van der Waals surface area contributed by atoms with Gasteiger partial charge in [-0.2, -0.15) is 0 Å². The van der Waals surface area contributed by atoms with Crippen LogP contribution in [0, 0.1) is 50.2 Å². The molecule has 0 spiro atoms. The first-order valence-electron chi connectivity index (χ1n) is 15.1. The number of Topliss-reactive ketones (excluding diaryl/α,β-unsaturated/α-hetero) is 1. The van der Waals surface area contributed by atoms with Crippen LogP contribution in [-0.2, 0) is 23.9 Å². The number of allylic oxidation sites excluding steroid dienone is 2. The van der Waals surface area contributed by atoms with Crippen molar-refractivity contribution >= 4 is 17.7 Å². The highest BCUT2D eigenvalue weighted by Gasteiger charge is 2.70. The molecule has 8 atom stereocenters. The largest absolute Gasteiger partial charge is 0.469 e. The maximum absolute atomic E-state index is 13.4. The molecule has 0 aliphatic heterocycles. The van der Waals surface area contributed by atoms with Crippen LogP contribution in [0.5, 0.6) is 0 Å². The second kappa shape index (κ2) is 8.67. The van der Waals surface area contributed by atoms with Gasteiger partial charge in [0, 0.05) is 13.3 Å². The number of hydrogen-bond donors (Lipinski definition) is 0. The molecule has 38 heavy (non-hydrogen) atoms. The Morgan fingerprint density at radius 3 is 2.29 bits per heavy atom. The van der Waals surface area contributed by atoms with Crippen LogP contribution in [0.25, 0.3) is 0 Å². The van der Waals surface area contributed by atoms with Crippen molar-refractivity contribution in [1.29, 1.82) is 0 Å². The minimum Gasteiger partial charge on any atom is -0.469 e. The van der Waals surface area contributed by atoms with Gasteiger partial charge < -0.3 is 9.47 Å². The predicted molar refractivity (Wildman–Crippen MR) is 147 cm³/mol. The maximum atomic E-state index is 13.4. The molecular formula is C33H50O5. The van der Waals surface area contributed by atoms with Gasteiger partial charge in [0.2, 0.25) is 0 Å². The van der Waals surface area contributed by atoms with Crippen LogP contribution in [-0.4, -0.2) is 31.4 Å². The van der Waals surface area contributed by atoms with E-state index in [9.17, 15) is 14.4 Å². The van der Waals surface area contributed by atoms with E-state index in [1.807, 2.05) is 0 Å². The molecule has 0 N–H and O–H groups in total. The molecule has 0 aromatic rings. The Kier molecular flexibility index (Phi) is 6.37. The van der Waals surface area contributed by atoms with Crippen LogP contribution in [0.2, 0.25) is 0 Å². The highest BCUT2D eigenvalue weighted by Crippen LogP contribution is 2.75. The Bertz CT molecular complexity index is 1070. The van der Waals surface area contributed by atoms with Crippen molar-refractivity contribution < 1.29 is 23.9 Å². The Hall–Kier alpha value is -1.65. The summed E-state index contributed by atoms with van der Waals surface area (Å²) in [6, 6.07) is 0. The van der Waals surface area contributed by atoms with Crippen molar-refractivity contribution in [1.82, 2.24) is 0 Å². The van der Waals surface area contributed by atoms with Crippen LogP contribution < -0.4 is 0 Å². The minimum atomic E-state index is -0.620. The summed E-state index contributed by atoms with van der Waals surface area (Å²) < 4.78 is 11.0. The Morgan fingerprint density at radius 2 is 1.63 bits per heavy atom. The van der Waals surface area contributed by atoms with Crippen molar-refractivity contribution in [2.24, 2.45) is 50.2 Å². The molecule has 5 rings (SSSR count). The number of ether oxygens (including phenoxy) is 2. The lowest BCUT2D eigenvalue weighted by Gasteiger charge is -2.70. The third kappa shape index (κ3) is 3.58. The number of esters is 2. The fourth-order valence-corrected chi connectivity index (χ4v) is 10.9. The summed E-state index contributed by atoms with van der Waals surface area (Å²) in [7, 11) is 1.56. The summed E-state index contributed by atoms with van der Waals surface area (Å²) in [6.07, 6.45) is 12.0. The lowest BCUT2D eigenvalue weighted by atomic mass is 9.33. The summed E-state index contributed by atoms with van der Waals surface area (Å²) in [6.45, 7) is 15.9. The average Bonchev–Trinajstić information content (AvgIpc) is 2.85. The zero-order valence-electron chi connectivity index (χ0n) is 25.1. The molecule has 0 heterocycles. The zero-order valence-corrected chi connectivity index (χ0v) is 25.1. The average molecular weight is 527 g/mol. The van der Waals surface area contributed by atoms with E-state index in [2.05, 4.69) is 47.6 Å². The SMILES string of the molecule is COC(=O)[C@]12CCC(C)(C)C[C@H]1C1=CC[C@@H]3[C@@]4(C)CCC(=O)[C@@](C)(COC(C)=O)[C@@H]4CC[C@@]3(C)[C@]1(C)CC2. The summed E-state index contributed by atoms with van der Waals surface area (Å²) in [5.41, 5.74) is 0.846. The summed E-state index contributed by atoms with van der Waals surface area (Å²) in [4.78, 5) is 38.5. The van der Waals surface area contributed by atoms with E-state index in [-0.39, 0.29) is 63.2 Å². The van der Waals surface area contributed by atoms with Crippen LogP contribution in [0.4, 0.5) is 0 Å². The zero-order chi connectivity index (χ0) is 27.9. The first kappa shape index (κ1) is 27.9. The molecule has 4 fully saturated rings. The third-order valence-corrected chi connectivity index (χ3v) is 13.4. The minimum absolute atomic E-state index is 0.00354. The van der Waals surface area contributed by atoms with Gasteiger partial charge in [0.15, 0.2) is 0 Å². The van der Waals surface area contributed by atoms with Crippen molar-refractivity contribution in [3.8, 4) is 0 Å². The number of ketones is 1. The topological polar surface area (TPSA) is 69.7 Å². The molecule has 5 aliphatic carbocycles. The van der Waals surface area contributed by atoms with E-state index < -0.39 is 5.41 Å².